The molecule has 0 amide bonds. The molecule has 1 N–H and O–H groups in total. The highest BCUT2D eigenvalue weighted by molar-refractivity contribution is 5.35. The van der Waals surface area contributed by atoms with Crippen LogP contribution in [0.5, 0.6) is 0 Å². The largest absolute Gasteiger partial charge is 0.389 e. The van der Waals surface area contributed by atoms with Crippen LogP contribution >= 0.6 is 0 Å². The average molecular weight is 304 g/mol. The number of hydrogen-bond donors (Lipinski definition) is 1. The van der Waals surface area contributed by atoms with Gasteiger partial charge in [-0.15, -0.1) is 0 Å². The lowest BCUT2D eigenvalue weighted by Gasteiger charge is -2.18. The van der Waals surface area contributed by atoms with E-state index in [2.05, 4.69) is 5.32 Å². The van der Waals surface area contributed by atoms with E-state index >= 15 is 0 Å². The van der Waals surface area contributed by atoms with Crippen LogP contribution in [0, 0.1) is 10.1 Å². The van der Waals surface area contributed by atoms with Gasteiger partial charge in [0.25, 0.3) is 5.69 Å². The fraction of sp³-hybridized carbons (Fsp3) is 0.571. The molecule has 0 fully saturated rings. The number of alkyl halides is 3. The Bertz CT molecular complexity index is 464. The van der Waals surface area contributed by atoms with Crippen LogP contribution in [0.1, 0.15) is 44.2 Å². The van der Waals surface area contributed by atoms with Crippen molar-refractivity contribution >= 4 is 5.69 Å². The second-order valence-corrected chi connectivity index (χ2v) is 4.87. The van der Waals surface area contributed by atoms with Crippen LogP contribution in [0.4, 0.5) is 18.9 Å². The molecular weight excluding hydrogens is 285 g/mol. The smallest absolute Gasteiger partial charge is 0.310 e. The summed E-state index contributed by atoms with van der Waals surface area (Å²) in [6.45, 7) is 2.19. The van der Waals surface area contributed by atoms with Crippen LogP contribution in [0.25, 0.3) is 0 Å². The van der Waals surface area contributed by atoms with Gasteiger partial charge in [-0.1, -0.05) is 25.5 Å². The maximum Gasteiger partial charge on any atom is 0.389 e. The number of benzene rings is 1. The first kappa shape index (κ1) is 17.4. The lowest BCUT2D eigenvalue weighted by atomic mass is 10.0. The molecule has 0 saturated heterocycles. The molecule has 0 radical (unpaired) electrons. The number of halogens is 3. The van der Waals surface area contributed by atoms with Crippen molar-refractivity contribution in [3.8, 4) is 0 Å². The lowest BCUT2D eigenvalue weighted by molar-refractivity contribution is -0.384. The van der Waals surface area contributed by atoms with Gasteiger partial charge in [0.1, 0.15) is 0 Å². The van der Waals surface area contributed by atoms with E-state index in [-0.39, 0.29) is 24.7 Å². The summed E-state index contributed by atoms with van der Waals surface area (Å²) in [6, 6.07) is 6.05. The average Bonchev–Trinajstić information content (AvgIpc) is 2.41. The Morgan fingerprint density at radius 3 is 2.67 bits per heavy atom. The molecule has 7 heteroatoms. The zero-order valence-electron chi connectivity index (χ0n) is 11.8. The highest BCUT2D eigenvalue weighted by atomic mass is 19.4. The number of non-ortho nitro benzene ring substituents is 1. The number of nitro benzene ring substituents is 1. The normalized spacial score (nSPS) is 13.1. The summed E-state index contributed by atoms with van der Waals surface area (Å²) in [6.07, 6.45) is -3.42. The number of hydrogen-bond acceptors (Lipinski definition) is 3. The van der Waals surface area contributed by atoms with Gasteiger partial charge in [0, 0.05) is 24.6 Å². The fourth-order valence-electron chi connectivity index (χ4n) is 2.10. The van der Waals surface area contributed by atoms with Crippen LogP contribution in [-0.2, 0) is 0 Å². The van der Waals surface area contributed by atoms with Crippen molar-refractivity contribution in [3.63, 3.8) is 0 Å². The van der Waals surface area contributed by atoms with Gasteiger partial charge in [-0.05, 0) is 24.9 Å². The second-order valence-electron chi connectivity index (χ2n) is 4.87. The van der Waals surface area contributed by atoms with Gasteiger partial charge in [-0.25, -0.2) is 0 Å². The highest BCUT2D eigenvalue weighted by Gasteiger charge is 2.26. The van der Waals surface area contributed by atoms with E-state index in [0.717, 1.165) is 12.0 Å². The van der Waals surface area contributed by atoms with Crippen molar-refractivity contribution in [2.45, 2.75) is 44.8 Å². The molecule has 0 aliphatic rings. The Hall–Kier alpha value is -1.63. The summed E-state index contributed by atoms with van der Waals surface area (Å²) in [5.41, 5.74) is 0.726. The molecule has 1 aromatic carbocycles. The molecule has 0 saturated carbocycles. The van der Waals surface area contributed by atoms with Crippen LogP contribution in [0.15, 0.2) is 24.3 Å². The Kier molecular flexibility index (Phi) is 6.61. The minimum Gasteiger partial charge on any atom is -0.310 e. The molecule has 1 unspecified atom stereocenters. The molecule has 1 atom stereocenters. The molecular formula is C14H19F3N2O2. The van der Waals surface area contributed by atoms with Crippen LogP contribution in [-0.4, -0.2) is 17.6 Å². The van der Waals surface area contributed by atoms with E-state index in [1.54, 1.807) is 12.1 Å². The third-order valence-corrected chi connectivity index (χ3v) is 3.09. The van der Waals surface area contributed by atoms with Crippen molar-refractivity contribution in [2.75, 3.05) is 6.54 Å². The Morgan fingerprint density at radius 2 is 2.10 bits per heavy atom. The summed E-state index contributed by atoms with van der Waals surface area (Å²) in [5, 5.41) is 13.8. The van der Waals surface area contributed by atoms with Crippen molar-refractivity contribution in [1.29, 1.82) is 0 Å². The highest BCUT2D eigenvalue weighted by Crippen LogP contribution is 2.24. The number of nitrogens with zero attached hydrogens (tertiary/aromatic N) is 1. The minimum atomic E-state index is -4.15. The molecule has 4 nitrogen and oxygen atoms in total. The van der Waals surface area contributed by atoms with Crippen molar-refractivity contribution in [1.82, 2.24) is 5.32 Å². The lowest BCUT2D eigenvalue weighted by Crippen LogP contribution is -2.23. The van der Waals surface area contributed by atoms with Crippen LogP contribution in [0.3, 0.4) is 0 Å². The zero-order chi connectivity index (χ0) is 15.9. The second kappa shape index (κ2) is 7.97. The monoisotopic (exact) mass is 304 g/mol. The van der Waals surface area contributed by atoms with E-state index in [1.165, 1.54) is 12.1 Å². The maximum atomic E-state index is 12.1. The Balaban J connectivity index is 2.64. The van der Waals surface area contributed by atoms with Gasteiger partial charge in [0.15, 0.2) is 0 Å². The van der Waals surface area contributed by atoms with Crippen molar-refractivity contribution < 1.29 is 18.1 Å². The molecule has 21 heavy (non-hydrogen) atoms. The molecule has 1 rings (SSSR count). The third-order valence-electron chi connectivity index (χ3n) is 3.09. The first-order valence-electron chi connectivity index (χ1n) is 6.88. The number of nitro groups is 1. The van der Waals surface area contributed by atoms with Gasteiger partial charge in [-0.2, -0.15) is 13.2 Å². The van der Waals surface area contributed by atoms with E-state index in [0.29, 0.717) is 6.42 Å². The van der Waals surface area contributed by atoms with E-state index in [4.69, 9.17) is 0 Å². The third kappa shape index (κ3) is 6.57. The summed E-state index contributed by atoms with van der Waals surface area (Å²) in [4.78, 5) is 10.3. The summed E-state index contributed by atoms with van der Waals surface area (Å²) >= 11 is 0. The first-order valence-corrected chi connectivity index (χ1v) is 6.88. The van der Waals surface area contributed by atoms with Gasteiger partial charge in [0.05, 0.1) is 4.92 Å². The maximum absolute atomic E-state index is 12.1. The van der Waals surface area contributed by atoms with Gasteiger partial charge < -0.3 is 5.32 Å². The summed E-state index contributed by atoms with van der Waals surface area (Å²) in [5.74, 6) is 0. The predicted octanol–water partition coefficient (Wildman–Crippen LogP) is 4.37. The van der Waals surface area contributed by atoms with Crippen molar-refractivity contribution in [3.05, 3.63) is 39.9 Å². The van der Waals surface area contributed by atoms with Crippen molar-refractivity contribution in [2.24, 2.45) is 0 Å². The minimum absolute atomic E-state index is 0.00135. The van der Waals surface area contributed by atoms with E-state index in [9.17, 15) is 23.3 Å². The topological polar surface area (TPSA) is 55.2 Å². The van der Waals surface area contributed by atoms with Gasteiger partial charge in [0.2, 0.25) is 0 Å². The molecule has 0 heterocycles. The SMILES string of the molecule is CCCC(NCCCC(F)(F)F)c1cccc([N+](=O)[O-])c1. The molecule has 0 spiro atoms. The zero-order valence-corrected chi connectivity index (χ0v) is 11.8. The van der Waals surface area contributed by atoms with E-state index < -0.39 is 17.5 Å². The molecule has 1 aromatic rings. The van der Waals surface area contributed by atoms with Gasteiger partial charge in [-0.3, -0.25) is 10.1 Å². The van der Waals surface area contributed by atoms with Crippen LogP contribution < -0.4 is 5.32 Å². The molecule has 0 aliphatic carbocycles. The van der Waals surface area contributed by atoms with E-state index in [1.807, 2.05) is 6.92 Å². The summed E-state index contributed by atoms with van der Waals surface area (Å²) < 4.78 is 36.3. The number of nitrogens with one attached hydrogen (secondary N) is 1. The Labute approximate surface area is 121 Å². The molecule has 0 aromatic heterocycles. The molecule has 0 bridgehead atoms. The standard InChI is InChI=1S/C14H19F3N2O2/c1-2-5-13(18-9-4-8-14(15,16)17)11-6-3-7-12(10-11)19(20)21/h3,6-7,10,13,18H,2,4-5,8-9H2,1H3. The summed E-state index contributed by atoms with van der Waals surface area (Å²) in [7, 11) is 0. The van der Waals surface area contributed by atoms with Gasteiger partial charge >= 0.3 is 6.18 Å². The fourth-order valence-corrected chi connectivity index (χ4v) is 2.10. The molecule has 0 aliphatic heterocycles. The predicted molar refractivity (Wildman–Crippen MR) is 74.0 cm³/mol. The first-order chi connectivity index (χ1) is 9.83. The van der Waals surface area contributed by atoms with Crippen LogP contribution in [0.2, 0.25) is 0 Å². The number of rotatable bonds is 8. The Morgan fingerprint density at radius 1 is 1.38 bits per heavy atom. The quantitative estimate of drug-likeness (QED) is 0.441. The molecule has 118 valence electrons.